The van der Waals surface area contributed by atoms with Gasteiger partial charge in [-0.25, -0.2) is 13.8 Å². The third-order valence-corrected chi connectivity index (χ3v) is 5.70. The molecule has 0 radical (unpaired) electrons. The molecule has 0 N–H and O–H groups in total. The van der Waals surface area contributed by atoms with Crippen LogP contribution in [-0.2, 0) is 25.8 Å². The van der Waals surface area contributed by atoms with Crippen LogP contribution in [0.3, 0.4) is 0 Å². The van der Waals surface area contributed by atoms with E-state index >= 15 is 0 Å². The second-order valence-corrected chi connectivity index (χ2v) is 7.60. The Bertz CT molecular complexity index is 1000. The Morgan fingerprint density at radius 3 is 2.31 bits per heavy atom. The molecule has 0 bridgehead atoms. The van der Waals surface area contributed by atoms with Gasteiger partial charge in [0.05, 0.1) is 0 Å². The van der Waals surface area contributed by atoms with Gasteiger partial charge in [0.25, 0.3) is 0 Å². The molecule has 1 aliphatic carbocycles. The largest absolute Gasteiger partial charge is 0.327 e. The van der Waals surface area contributed by atoms with Crippen LogP contribution in [0.5, 0.6) is 0 Å². The van der Waals surface area contributed by atoms with Gasteiger partial charge >= 0.3 is 0 Å². The molecule has 3 aromatic rings. The van der Waals surface area contributed by atoms with Gasteiger partial charge in [0.2, 0.25) is 0 Å². The predicted molar refractivity (Wildman–Crippen MR) is 109 cm³/mol. The standard InChI is InChI=1S/C15H14F2N2O.C9H10/c16-11-6-5-10(8-12(11)17)15-18-13(9-20)14-4-2-1-3-7-19(14)15;1-2-5-9-7-3-6-8(9)4-1/h5-6,8-9H,1-4,7H2;1-2,4-5H,3,6-7H2. The summed E-state index contributed by atoms with van der Waals surface area (Å²) in [4.78, 5) is 15.4. The van der Waals surface area contributed by atoms with E-state index < -0.39 is 11.6 Å². The number of nitrogens with zero attached hydrogens (tertiary/aromatic N) is 2. The lowest BCUT2D eigenvalue weighted by molar-refractivity contribution is 0.111. The normalized spacial score (nSPS) is 15.0. The number of halogens is 2. The van der Waals surface area contributed by atoms with Crippen LogP contribution in [0, 0.1) is 11.6 Å². The average molecular weight is 394 g/mol. The summed E-state index contributed by atoms with van der Waals surface area (Å²) in [6, 6.07) is 12.4. The van der Waals surface area contributed by atoms with Crippen LogP contribution in [-0.4, -0.2) is 15.8 Å². The highest BCUT2D eigenvalue weighted by Gasteiger charge is 2.20. The topological polar surface area (TPSA) is 34.9 Å². The summed E-state index contributed by atoms with van der Waals surface area (Å²) < 4.78 is 28.4. The summed E-state index contributed by atoms with van der Waals surface area (Å²) in [5.41, 5.74) is 4.94. The third-order valence-electron chi connectivity index (χ3n) is 5.70. The maximum atomic E-state index is 13.4. The van der Waals surface area contributed by atoms with E-state index in [1.54, 1.807) is 11.1 Å². The van der Waals surface area contributed by atoms with Crippen LogP contribution < -0.4 is 0 Å². The van der Waals surface area contributed by atoms with Crippen molar-refractivity contribution in [3.05, 3.63) is 76.6 Å². The van der Waals surface area contributed by atoms with Crippen LogP contribution in [0.1, 0.15) is 53.0 Å². The number of benzene rings is 2. The molecule has 0 fully saturated rings. The van der Waals surface area contributed by atoms with Gasteiger partial charge in [-0.15, -0.1) is 0 Å². The molecule has 0 amide bonds. The number of rotatable bonds is 2. The number of aryl methyl sites for hydroxylation is 2. The maximum absolute atomic E-state index is 13.4. The van der Waals surface area contributed by atoms with E-state index in [-0.39, 0.29) is 0 Å². The number of hydrogen-bond acceptors (Lipinski definition) is 2. The summed E-state index contributed by atoms with van der Waals surface area (Å²) in [6.45, 7) is 0.754. The fraction of sp³-hybridized carbons (Fsp3) is 0.333. The summed E-state index contributed by atoms with van der Waals surface area (Å²) in [6.07, 6.45) is 8.61. The first kappa shape index (κ1) is 19.5. The van der Waals surface area contributed by atoms with Gasteiger partial charge in [0.1, 0.15) is 11.5 Å². The fourth-order valence-corrected chi connectivity index (χ4v) is 4.21. The highest BCUT2D eigenvalue weighted by molar-refractivity contribution is 5.76. The Kier molecular flexibility index (Phi) is 5.84. The zero-order chi connectivity index (χ0) is 20.2. The highest BCUT2D eigenvalue weighted by atomic mass is 19.2. The van der Waals surface area contributed by atoms with E-state index in [1.807, 2.05) is 4.57 Å². The van der Waals surface area contributed by atoms with E-state index in [2.05, 4.69) is 29.2 Å². The summed E-state index contributed by atoms with van der Waals surface area (Å²) in [5.74, 6) is -1.24. The Morgan fingerprint density at radius 1 is 0.862 bits per heavy atom. The zero-order valence-corrected chi connectivity index (χ0v) is 16.3. The lowest BCUT2D eigenvalue weighted by Crippen LogP contribution is -2.03. The van der Waals surface area contributed by atoms with Gasteiger partial charge in [-0.2, -0.15) is 0 Å². The molecule has 5 rings (SSSR count). The van der Waals surface area contributed by atoms with Crippen LogP contribution in [0.25, 0.3) is 11.4 Å². The minimum absolute atomic E-state index is 0.409. The second kappa shape index (κ2) is 8.68. The maximum Gasteiger partial charge on any atom is 0.170 e. The van der Waals surface area contributed by atoms with E-state index in [0.29, 0.717) is 17.1 Å². The smallest absolute Gasteiger partial charge is 0.170 e. The van der Waals surface area contributed by atoms with Gasteiger partial charge < -0.3 is 4.57 Å². The van der Waals surface area contributed by atoms with E-state index in [4.69, 9.17) is 0 Å². The highest BCUT2D eigenvalue weighted by Crippen LogP contribution is 2.27. The molecule has 150 valence electrons. The van der Waals surface area contributed by atoms with Crippen molar-refractivity contribution in [2.24, 2.45) is 0 Å². The zero-order valence-electron chi connectivity index (χ0n) is 16.3. The first-order valence-corrected chi connectivity index (χ1v) is 10.2. The molecule has 0 spiro atoms. The van der Waals surface area contributed by atoms with Crippen LogP contribution >= 0.6 is 0 Å². The molecule has 3 nitrogen and oxygen atoms in total. The van der Waals surface area contributed by atoms with Gasteiger partial charge in [-0.3, -0.25) is 4.79 Å². The van der Waals surface area contributed by atoms with Gasteiger partial charge in [0.15, 0.2) is 17.9 Å². The van der Waals surface area contributed by atoms with Crippen molar-refractivity contribution in [3.63, 3.8) is 0 Å². The lowest BCUT2D eigenvalue weighted by atomic mass is 10.1. The third kappa shape index (κ3) is 4.14. The van der Waals surface area contributed by atoms with E-state index in [1.165, 1.54) is 25.3 Å². The van der Waals surface area contributed by atoms with Crippen LogP contribution in [0.4, 0.5) is 8.78 Å². The Hall–Kier alpha value is -2.82. The van der Waals surface area contributed by atoms with Crippen molar-refractivity contribution >= 4 is 6.29 Å². The van der Waals surface area contributed by atoms with E-state index in [9.17, 15) is 13.6 Å². The average Bonchev–Trinajstić information content (AvgIpc) is 3.28. The predicted octanol–water partition coefficient (Wildman–Crippen LogP) is 5.54. The molecule has 2 aromatic carbocycles. The number of carbonyl (C=O) groups is 1. The molecular weight excluding hydrogens is 370 g/mol. The molecule has 0 unspecified atom stereocenters. The van der Waals surface area contributed by atoms with Crippen molar-refractivity contribution in [1.29, 1.82) is 0 Å². The van der Waals surface area contributed by atoms with E-state index in [0.717, 1.165) is 56.3 Å². The Morgan fingerprint density at radius 2 is 1.62 bits per heavy atom. The molecule has 2 aliphatic rings. The molecule has 2 heterocycles. The summed E-state index contributed by atoms with van der Waals surface area (Å²) >= 11 is 0. The monoisotopic (exact) mass is 394 g/mol. The number of carbonyl (C=O) groups excluding carboxylic acids is 1. The minimum atomic E-state index is -0.902. The quantitative estimate of drug-likeness (QED) is 0.535. The lowest BCUT2D eigenvalue weighted by Gasteiger charge is -2.08. The molecular formula is C24H24F2N2O. The summed E-state index contributed by atoms with van der Waals surface area (Å²) in [7, 11) is 0. The van der Waals surface area contributed by atoms with Gasteiger partial charge in [-0.1, -0.05) is 30.7 Å². The van der Waals surface area contributed by atoms with Gasteiger partial charge in [0, 0.05) is 17.8 Å². The first-order valence-electron chi connectivity index (χ1n) is 10.2. The molecule has 1 aliphatic heterocycles. The molecule has 0 saturated heterocycles. The fourth-order valence-electron chi connectivity index (χ4n) is 4.21. The van der Waals surface area contributed by atoms with Crippen molar-refractivity contribution in [2.45, 2.75) is 51.5 Å². The number of imidazole rings is 1. The second-order valence-electron chi connectivity index (χ2n) is 7.60. The number of hydrogen-bond donors (Lipinski definition) is 0. The van der Waals surface area contributed by atoms with Crippen LogP contribution in [0.2, 0.25) is 0 Å². The Labute approximate surface area is 169 Å². The first-order chi connectivity index (χ1) is 14.2. The van der Waals surface area contributed by atoms with Crippen molar-refractivity contribution in [2.75, 3.05) is 0 Å². The van der Waals surface area contributed by atoms with Crippen molar-refractivity contribution in [3.8, 4) is 11.4 Å². The SMILES string of the molecule is O=Cc1nc(-c2ccc(F)c(F)c2)n2c1CCCCC2.c1ccc2c(c1)CCC2. The molecule has 5 heteroatoms. The Balaban J connectivity index is 0.000000188. The van der Waals surface area contributed by atoms with Crippen molar-refractivity contribution < 1.29 is 13.6 Å². The minimum Gasteiger partial charge on any atom is -0.327 e. The molecule has 29 heavy (non-hydrogen) atoms. The summed E-state index contributed by atoms with van der Waals surface area (Å²) in [5, 5.41) is 0. The van der Waals surface area contributed by atoms with Crippen LogP contribution in [0.15, 0.2) is 42.5 Å². The molecule has 0 saturated carbocycles. The number of fused-ring (bicyclic) bond motifs is 2. The van der Waals surface area contributed by atoms with Crippen molar-refractivity contribution in [1.82, 2.24) is 9.55 Å². The number of aldehydes is 1. The number of aromatic nitrogens is 2. The molecule has 1 aromatic heterocycles. The van der Waals surface area contributed by atoms with Gasteiger partial charge in [-0.05, 0) is 67.9 Å². The molecule has 0 atom stereocenters.